The summed E-state index contributed by atoms with van der Waals surface area (Å²) in [5, 5.41) is 0.361. The Bertz CT molecular complexity index is 906. The molecule has 3 amide bonds. The van der Waals surface area contributed by atoms with Gasteiger partial charge in [-0.3, -0.25) is 25.2 Å². The van der Waals surface area contributed by atoms with E-state index < -0.39 is 11.8 Å². The molecule has 1 aliphatic rings. The van der Waals surface area contributed by atoms with E-state index in [9.17, 15) is 14.4 Å². The summed E-state index contributed by atoms with van der Waals surface area (Å²) in [6, 6.07) is 11.9. The first kappa shape index (κ1) is 19.1. The Kier molecular flexibility index (Phi) is 5.88. The highest BCUT2D eigenvalue weighted by Gasteiger charge is 2.26. The highest BCUT2D eigenvalue weighted by molar-refractivity contribution is 8.00. The van der Waals surface area contributed by atoms with Crippen LogP contribution in [-0.2, 0) is 9.59 Å². The van der Waals surface area contributed by atoms with Gasteiger partial charge in [-0.05, 0) is 30.3 Å². The van der Waals surface area contributed by atoms with Gasteiger partial charge in [0, 0.05) is 9.92 Å². The van der Waals surface area contributed by atoms with Gasteiger partial charge >= 0.3 is 0 Å². The van der Waals surface area contributed by atoms with Crippen LogP contribution in [-0.4, -0.2) is 37.1 Å². The topological polar surface area (TPSA) is 87.7 Å². The number of methoxy groups -OCH3 is 1. The van der Waals surface area contributed by atoms with Crippen molar-refractivity contribution in [3.8, 4) is 5.75 Å². The van der Waals surface area contributed by atoms with E-state index >= 15 is 0 Å². The molecule has 0 bridgehead atoms. The van der Waals surface area contributed by atoms with Crippen molar-refractivity contribution in [3.05, 3.63) is 53.1 Å². The molecule has 1 heterocycles. The molecular weight excluding hydrogens is 390 g/mol. The average Bonchev–Trinajstić information content (AvgIpc) is 2.68. The third-order valence-electron chi connectivity index (χ3n) is 3.83. The smallest absolute Gasteiger partial charge is 0.273 e. The van der Waals surface area contributed by atoms with Crippen LogP contribution in [0.4, 0.5) is 5.69 Å². The lowest BCUT2D eigenvalue weighted by Crippen LogP contribution is -2.49. The number of benzene rings is 2. The molecule has 0 saturated carbocycles. The maximum absolute atomic E-state index is 12.3. The molecule has 0 aromatic heterocycles. The maximum atomic E-state index is 12.3. The standard InChI is InChI=1S/C18H16ClN3O4S/c1-26-14-7-6-11(19)8-12(14)18(25)21-20-16(23)9-22-13-4-2-3-5-15(13)27-10-17(22)24/h2-8H,9-10H2,1H3,(H,20,23)(H,21,25). The zero-order valence-corrected chi connectivity index (χ0v) is 15.9. The molecule has 2 N–H and O–H groups in total. The van der Waals surface area contributed by atoms with Crippen molar-refractivity contribution in [3.63, 3.8) is 0 Å². The fourth-order valence-corrected chi connectivity index (χ4v) is 3.67. The first-order valence-electron chi connectivity index (χ1n) is 7.94. The van der Waals surface area contributed by atoms with Gasteiger partial charge in [-0.15, -0.1) is 11.8 Å². The Morgan fingerprint density at radius 2 is 2.00 bits per heavy atom. The minimum absolute atomic E-state index is 0.170. The van der Waals surface area contributed by atoms with Crippen molar-refractivity contribution in [2.75, 3.05) is 24.3 Å². The summed E-state index contributed by atoms with van der Waals surface area (Å²) in [6.45, 7) is -0.205. The summed E-state index contributed by atoms with van der Waals surface area (Å²) in [5.41, 5.74) is 5.48. The van der Waals surface area contributed by atoms with E-state index in [1.165, 1.54) is 29.8 Å². The normalized spacial score (nSPS) is 13.0. The summed E-state index contributed by atoms with van der Waals surface area (Å²) < 4.78 is 5.12. The number of carbonyl (C=O) groups is 3. The number of thioether (sulfide) groups is 1. The molecule has 0 aliphatic carbocycles. The fourth-order valence-electron chi connectivity index (χ4n) is 2.56. The first-order chi connectivity index (χ1) is 13.0. The van der Waals surface area contributed by atoms with Crippen LogP contribution < -0.4 is 20.5 Å². The number of halogens is 1. The van der Waals surface area contributed by atoms with E-state index in [1.807, 2.05) is 12.1 Å². The summed E-state index contributed by atoms with van der Waals surface area (Å²) in [4.78, 5) is 39.0. The molecule has 0 saturated heterocycles. The Morgan fingerprint density at radius 3 is 2.78 bits per heavy atom. The number of amides is 3. The van der Waals surface area contributed by atoms with E-state index in [4.69, 9.17) is 16.3 Å². The summed E-state index contributed by atoms with van der Waals surface area (Å²) in [7, 11) is 1.43. The quantitative estimate of drug-likeness (QED) is 0.762. The molecule has 0 atom stereocenters. The summed E-state index contributed by atoms with van der Waals surface area (Å²) >= 11 is 7.33. The molecule has 0 spiro atoms. The number of carbonyl (C=O) groups excluding carboxylic acids is 3. The van der Waals surface area contributed by atoms with Gasteiger partial charge in [-0.1, -0.05) is 23.7 Å². The molecule has 9 heteroatoms. The third-order valence-corrected chi connectivity index (χ3v) is 5.11. The Balaban J connectivity index is 1.64. The number of hydrogen-bond donors (Lipinski definition) is 2. The largest absolute Gasteiger partial charge is 0.496 e. The van der Waals surface area contributed by atoms with Gasteiger partial charge < -0.3 is 9.64 Å². The second kappa shape index (κ2) is 8.32. The lowest BCUT2D eigenvalue weighted by Gasteiger charge is -2.28. The molecule has 2 aromatic carbocycles. The monoisotopic (exact) mass is 405 g/mol. The molecule has 7 nitrogen and oxygen atoms in total. The molecule has 1 aliphatic heterocycles. The molecule has 27 heavy (non-hydrogen) atoms. The number of hydrazine groups is 1. The first-order valence-corrected chi connectivity index (χ1v) is 9.31. The van der Waals surface area contributed by atoms with E-state index in [2.05, 4.69) is 10.9 Å². The van der Waals surface area contributed by atoms with Crippen molar-refractivity contribution >= 4 is 46.8 Å². The predicted octanol–water partition coefficient (Wildman–Crippen LogP) is 2.25. The second-order valence-corrected chi connectivity index (χ2v) is 7.04. The maximum Gasteiger partial charge on any atom is 0.273 e. The highest BCUT2D eigenvalue weighted by atomic mass is 35.5. The number of nitrogens with zero attached hydrogens (tertiary/aromatic N) is 1. The van der Waals surface area contributed by atoms with Crippen molar-refractivity contribution in [2.45, 2.75) is 4.90 Å². The fraction of sp³-hybridized carbons (Fsp3) is 0.167. The Labute approximate surface area is 165 Å². The molecule has 0 fully saturated rings. The number of para-hydroxylation sites is 1. The number of anilines is 1. The SMILES string of the molecule is COc1ccc(Cl)cc1C(=O)NNC(=O)CN1C(=O)CSc2ccccc21. The number of ether oxygens (including phenoxy) is 1. The van der Waals surface area contributed by atoms with Crippen molar-refractivity contribution < 1.29 is 19.1 Å². The molecule has 0 radical (unpaired) electrons. The summed E-state index contributed by atoms with van der Waals surface area (Å²) in [6.07, 6.45) is 0. The van der Waals surface area contributed by atoms with E-state index in [0.29, 0.717) is 16.5 Å². The lowest BCUT2D eigenvalue weighted by molar-refractivity contribution is -0.123. The van der Waals surface area contributed by atoms with Crippen LogP contribution in [0.15, 0.2) is 47.4 Å². The number of fused-ring (bicyclic) bond motifs is 1. The van der Waals surface area contributed by atoms with E-state index in [1.54, 1.807) is 24.3 Å². The second-order valence-electron chi connectivity index (χ2n) is 5.58. The van der Waals surface area contributed by atoms with Crippen LogP contribution >= 0.6 is 23.4 Å². The number of rotatable bonds is 4. The number of hydrogen-bond acceptors (Lipinski definition) is 5. The van der Waals surface area contributed by atoms with Gasteiger partial charge in [0.1, 0.15) is 12.3 Å². The van der Waals surface area contributed by atoms with Gasteiger partial charge in [-0.25, -0.2) is 0 Å². The third kappa shape index (κ3) is 4.35. The Hall–Kier alpha value is -2.71. The molecule has 2 aromatic rings. The van der Waals surface area contributed by atoms with Crippen molar-refractivity contribution in [2.24, 2.45) is 0 Å². The molecular formula is C18H16ClN3O4S. The molecule has 0 unspecified atom stereocenters. The molecule has 3 rings (SSSR count). The van der Waals surface area contributed by atoms with Gasteiger partial charge in [0.25, 0.3) is 11.8 Å². The minimum Gasteiger partial charge on any atom is -0.496 e. The Morgan fingerprint density at radius 1 is 1.22 bits per heavy atom. The minimum atomic E-state index is -0.580. The van der Waals surface area contributed by atoms with Gasteiger partial charge in [0.2, 0.25) is 5.91 Å². The van der Waals surface area contributed by atoms with Crippen LogP contribution in [0.25, 0.3) is 0 Å². The van der Waals surface area contributed by atoms with Crippen molar-refractivity contribution in [1.82, 2.24) is 10.9 Å². The summed E-state index contributed by atoms with van der Waals surface area (Å²) in [5.74, 6) is -0.695. The van der Waals surface area contributed by atoms with Crippen LogP contribution in [0.1, 0.15) is 10.4 Å². The van der Waals surface area contributed by atoms with Crippen LogP contribution in [0.2, 0.25) is 5.02 Å². The van der Waals surface area contributed by atoms with Crippen molar-refractivity contribution in [1.29, 1.82) is 0 Å². The van der Waals surface area contributed by atoms with Gasteiger partial charge in [0.15, 0.2) is 0 Å². The zero-order valence-electron chi connectivity index (χ0n) is 14.3. The van der Waals surface area contributed by atoms with E-state index in [-0.39, 0.29) is 23.8 Å². The number of nitrogens with one attached hydrogen (secondary N) is 2. The van der Waals surface area contributed by atoms with E-state index in [0.717, 1.165) is 4.90 Å². The van der Waals surface area contributed by atoms with Crippen LogP contribution in [0.5, 0.6) is 5.75 Å². The van der Waals surface area contributed by atoms with Gasteiger partial charge in [0.05, 0.1) is 24.1 Å². The lowest BCUT2D eigenvalue weighted by atomic mass is 10.2. The predicted molar refractivity (Wildman–Crippen MR) is 103 cm³/mol. The highest BCUT2D eigenvalue weighted by Crippen LogP contribution is 2.34. The van der Waals surface area contributed by atoms with Crippen LogP contribution in [0, 0.1) is 0 Å². The van der Waals surface area contributed by atoms with Crippen LogP contribution in [0.3, 0.4) is 0 Å². The molecule has 140 valence electrons. The van der Waals surface area contributed by atoms with Gasteiger partial charge in [-0.2, -0.15) is 0 Å². The zero-order chi connectivity index (χ0) is 19.4. The average molecular weight is 406 g/mol.